The van der Waals surface area contributed by atoms with Crippen LogP contribution in [0.25, 0.3) is 0 Å². The van der Waals surface area contributed by atoms with Crippen LogP contribution in [-0.2, 0) is 4.74 Å². The first-order valence-corrected chi connectivity index (χ1v) is 7.77. The molecule has 1 aliphatic rings. The number of hydrogen-bond acceptors (Lipinski definition) is 3. The summed E-state index contributed by atoms with van der Waals surface area (Å²) < 4.78 is 6.02. The normalized spacial score (nSPS) is 21.0. The molecule has 2 unspecified atom stereocenters. The highest BCUT2D eigenvalue weighted by atomic mass is 16.5. The van der Waals surface area contributed by atoms with Gasteiger partial charge in [0.15, 0.2) is 0 Å². The molecule has 0 saturated carbocycles. The van der Waals surface area contributed by atoms with Gasteiger partial charge in [0.1, 0.15) is 0 Å². The number of nitrogens with one attached hydrogen (secondary N) is 1. The molecular formula is C19H20N2O. The molecule has 112 valence electrons. The highest BCUT2D eigenvalue weighted by Crippen LogP contribution is 2.33. The van der Waals surface area contributed by atoms with Gasteiger partial charge in [0.25, 0.3) is 0 Å². The van der Waals surface area contributed by atoms with Gasteiger partial charge in [-0.05, 0) is 42.7 Å². The molecule has 3 rings (SSSR count). The topological polar surface area (TPSA) is 45.0 Å². The van der Waals surface area contributed by atoms with Crippen molar-refractivity contribution >= 4 is 5.69 Å². The molecule has 1 saturated heterocycles. The Labute approximate surface area is 131 Å². The lowest BCUT2D eigenvalue weighted by Crippen LogP contribution is -2.28. The van der Waals surface area contributed by atoms with Gasteiger partial charge in [0.05, 0.1) is 17.7 Å². The number of ether oxygens (including phenoxy) is 1. The minimum absolute atomic E-state index is 0.167. The minimum atomic E-state index is 0.167. The van der Waals surface area contributed by atoms with E-state index in [4.69, 9.17) is 10.00 Å². The van der Waals surface area contributed by atoms with E-state index in [0.717, 1.165) is 25.3 Å². The molecule has 1 aliphatic heterocycles. The summed E-state index contributed by atoms with van der Waals surface area (Å²) in [5.41, 5.74) is 3.00. The summed E-state index contributed by atoms with van der Waals surface area (Å²) in [7, 11) is 0. The van der Waals surface area contributed by atoms with Gasteiger partial charge < -0.3 is 10.1 Å². The zero-order valence-corrected chi connectivity index (χ0v) is 12.5. The largest absolute Gasteiger partial charge is 0.385 e. The first-order chi connectivity index (χ1) is 10.9. The fourth-order valence-corrected chi connectivity index (χ4v) is 2.98. The van der Waals surface area contributed by atoms with Gasteiger partial charge in [-0.1, -0.05) is 30.3 Å². The van der Waals surface area contributed by atoms with Gasteiger partial charge in [-0.25, -0.2) is 0 Å². The Bertz CT molecular complexity index is 631. The number of hydrogen-bond donors (Lipinski definition) is 1. The van der Waals surface area contributed by atoms with Crippen LogP contribution < -0.4 is 5.32 Å². The molecule has 0 aromatic heterocycles. The second-order valence-corrected chi connectivity index (χ2v) is 5.67. The molecule has 0 amide bonds. The molecule has 2 aromatic rings. The van der Waals surface area contributed by atoms with Crippen molar-refractivity contribution in [2.45, 2.75) is 18.9 Å². The maximum absolute atomic E-state index is 8.84. The zero-order chi connectivity index (χ0) is 15.2. The van der Waals surface area contributed by atoms with Gasteiger partial charge in [0.2, 0.25) is 0 Å². The summed E-state index contributed by atoms with van der Waals surface area (Å²) in [6.07, 6.45) is 2.45. The van der Waals surface area contributed by atoms with Crippen LogP contribution in [0, 0.1) is 17.2 Å². The Balaban J connectivity index is 1.65. The quantitative estimate of drug-likeness (QED) is 0.921. The van der Waals surface area contributed by atoms with Crippen LogP contribution in [0.3, 0.4) is 0 Å². The third kappa shape index (κ3) is 3.47. The molecule has 2 atom stereocenters. The average molecular weight is 292 g/mol. The van der Waals surface area contributed by atoms with Gasteiger partial charge in [-0.2, -0.15) is 5.26 Å². The zero-order valence-electron chi connectivity index (χ0n) is 12.5. The highest BCUT2D eigenvalue weighted by Gasteiger charge is 2.27. The summed E-state index contributed by atoms with van der Waals surface area (Å²) in [5.74, 6) is 0.465. The standard InChI is InChI=1S/C19H20N2O/c20-13-15-8-10-18(11-9-15)21-14-17-7-4-12-22-19(17)16-5-2-1-3-6-16/h1-3,5-6,8-11,17,19,21H,4,7,12,14H2. The molecule has 1 heterocycles. The van der Waals surface area contributed by atoms with E-state index in [1.165, 1.54) is 12.0 Å². The number of nitrogens with zero attached hydrogens (tertiary/aromatic N) is 1. The second-order valence-electron chi connectivity index (χ2n) is 5.67. The lowest BCUT2D eigenvalue weighted by atomic mass is 9.89. The van der Waals surface area contributed by atoms with E-state index in [-0.39, 0.29) is 6.10 Å². The molecule has 0 bridgehead atoms. The summed E-state index contributed by atoms with van der Waals surface area (Å²) in [4.78, 5) is 0. The van der Waals surface area contributed by atoms with Crippen LogP contribution in [0.5, 0.6) is 0 Å². The molecule has 0 spiro atoms. The van der Waals surface area contributed by atoms with E-state index in [0.29, 0.717) is 11.5 Å². The summed E-state index contributed by atoms with van der Waals surface area (Å²) in [5, 5.41) is 12.3. The van der Waals surface area contributed by atoms with Crippen LogP contribution in [0.15, 0.2) is 54.6 Å². The first kappa shape index (κ1) is 14.6. The predicted molar refractivity (Wildman–Crippen MR) is 87.5 cm³/mol. The second kappa shape index (κ2) is 7.11. The van der Waals surface area contributed by atoms with Gasteiger partial charge in [0, 0.05) is 24.8 Å². The summed E-state index contributed by atoms with van der Waals surface area (Å²) in [6, 6.07) is 20.2. The number of benzene rings is 2. The monoisotopic (exact) mass is 292 g/mol. The molecule has 2 aromatic carbocycles. The fourth-order valence-electron chi connectivity index (χ4n) is 2.98. The Kier molecular flexibility index (Phi) is 4.72. The van der Waals surface area contributed by atoms with Crippen LogP contribution in [0.4, 0.5) is 5.69 Å². The van der Waals surface area contributed by atoms with E-state index in [2.05, 4.69) is 35.7 Å². The first-order valence-electron chi connectivity index (χ1n) is 7.77. The molecule has 3 nitrogen and oxygen atoms in total. The third-order valence-electron chi connectivity index (χ3n) is 4.16. The predicted octanol–water partition coefficient (Wildman–Crippen LogP) is 4.14. The lowest BCUT2D eigenvalue weighted by molar-refractivity contribution is -0.0238. The number of rotatable bonds is 4. The van der Waals surface area contributed by atoms with Crippen molar-refractivity contribution in [1.29, 1.82) is 5.26 Å². The molecule has 22 heavy (non-hydrogen) atoms. The van der Waals surface area contributed by atoms with Gasteiger partial charge in [-0.3, -0.25) is 0 Å². The SMILES string of the molecule is N#Cc1ccc(NCC2CCCOC2c2ccccc2)cc1. The maximum atomic E-state index is 8.84. The number of nitriles is 1. The van der Waals surface area contributed by atoms with E-state index in [1.807, 2.05) is 30.3 Å². The minimum Gasteiger partial charge on any atom is -0.385 e. The van der Waals surface area contributed by atoms with Crippen LogP contribution in [-0.4, -0.2) is 13.2 Å². The molecular weight excluding hydrogens is 272 g/mol. The Hall–Kier alpha value is -2.31. The van der Waals surface area contributed by atoms with Crippen molar-refractivity contribution in [2.75, 3.05) is 18.5 Å². The van der Waals surface area contributed by atoms with E-state index < -0.39 is 0 Å². The molecule has 0 radical (unpaired) electrons. The lowest BCUT2D eigenvalue weighted by Gasteiger charge is -2.32. The Morgan fingerprint density at radius 1 is 1.09 bits per heavy atom. The van der Waals surface area contributed by atoms with Crippen LogP contribution in [0.2, 0.25) is 0 Å². The van der Waals surface area contributed by atoms with E-state index in [1.54, 1.807) is 0 Å². The van der Waals surface area contributed by atoms with Crippen molar-refractivity contribution in [3.8, 4) is 6.07 Å². The summed E-state index contributed by atoms with van der Waals surface area (Å²) >= 11 is 0. The van der Waals surface area contributed by atoms with E-state index in [9.17, 15) is 0 Å². The average Bonchev–Trinajstić information content (AvgIpc) is 2.61. The molecule has 1 N–H and O–H groups in total. The van der Waals surface area contributed by atoms with Crippen molar-refractivity contribution in [2.24, 2.45) is 5.92 Å². The van der Waals surface area contributed by atoms with E-state index >= 15 is 0 Å². The third-order valence-corrected chi connectivity index (χ3v) is 4.16. The van der Waals surface area contributed by atoms with Crippen molar-refractivity contribution < 1.29 is 4.74 Å². The molecule has 3 heteroatoms. The number of anilines is 1. The van der Waals surface area contributed by atoms with Crippen molar-refractivity contribution in [3.05, 3.63) is 65.7 Å². The Morgan fingerprint density at radius 3 is 2.59 bits per heavy atom. The van der Waals surface area contributed by atoms with Gasteiger partial charge in [-0.15, -0.1) is 0 Å². The molecule has 1 fully saturated rings. The van der Waals surface area contributed by atoms with Crippen LogP contribution in [0.1, 0.15) is 30.1 Å². The van der Waals surface area contributed by atoms with Crippen molar-refractivity contribution in [1.82, 2.24) is 0 Å². The summed E-state index contributed by atoms with van der Waals surface area (Å²) in [6.45, 7) is 1.72. The Morgan fingerprint density at radius 2 is 1.86 bits per heavy atom. The van der Waals surface area contributed by atoms with Crippen molar-refractivity contribution in [3.63, 3.8) is 0 Å². The highest BCUT2D eigenvalue weighted by molar-refractivity contribution is 5.47. The molecule has 0 aliphatic carbocycles. The van der Waals surface area contributed by atoms with Crippen LogP contribution >= 0.6 is 0 Å². The fraction of sp³-hybridized carbons (Fsp3) is 0.316. The van der Waals surface area contributed by atoms with Gasteiger partial charge >= 0.3 is 0 Å². The maximum Gasteiger partial charge on any atom is 0.0991 e. The smallest absolute Gasteiger partial charge is 0.0991 e.